The Balaban J connectivity index is 2.15. The predicted molar refractivity (Wildman–Crippen MR) is 76.9 cm³/mol. The average Bonchev–Trinajstić information content (AvgIpc) is 3.00. The molecule has 0 aliphatic rings. The van der Waals surface area contributed by atoms with Crippen LogP contribution in [0.15, 0.2) is 24.3 Å². The van der Waals surface area contributed by atoms with Crippen molar-refractivity contribution < 1.29 is 31.1 Å². The number of nitrogens with one attached hydrogen (secondary N) is 1. The van der Waals surface area contributed by atoms with Gasteiger partial charge in [-0.25, -0.2) is 26.3 Å². The standard InChI is InChI=1S/C15H5F6N3OS/c16-6-3-1-5(2-4-6)13(25)14-23-24(15(22)26-14)12-10(20)8(18)7(17)9(19)11(12)21/h1-4,22H. The summed E-state index contributed by atoms with van der Waals surface area (Å²) in [6, 6.07) is 4.21. The number of ketones is 1. The number of hydrogen-bond donors (Lipinski definition) is 1. The molecular weight excluding hydrogens is 384 g/mol. The van der Waals surface area contributed by atoms with E-state index in [1.807, 2.05) is 0 Å². The number of hydrogen-bond acceptors (Lipinski definition) is 4. The molecule has 4 nitrogen and oxygen atoms in total. The van der Waals surface area contributed by atoms with Crippen LogP contribution in [-0.4, -0.2) is 15.6 Å². The molecule has 0 radical (unpaired) electrons. The Hall–Kier alpha value is -2.95. The zero-order chi connectivity index (χ0) is 19.2. The van der Waals surface area contributed by atoms with Crippen molar-refractivity contribution in [2.45, 2.75) is 0 Å². The molecule has 0 aliphatic heterocycles. The molecule has 11 heteroatoms. The lowest BCUT2D eigenvalue weighted by Gasteiger charge is -2.07. The van der Waals surface area contributed by atoms with Gasteiger partial charge in [0.2, 0.25) is 16.4 Å². The summed E-state index contributed by atoms with van der Waals surface area (Å²) in [5, 5.41) is 10.7. The zero-order valence-electron chi connectivity index (χ0n) is 12.3. The summed E-state index contributed by atoms with van der Waals surface area (Å²) in [6.45, 7) is 0. The highest BCUT2D eigenvalue weighted by molar-refractivity contribution is 7.11. The van der Waals surface area contributed by atoms with Gasteiger partial charge in [-0.2, -0.15) is 9.78 Å². The van der Waals surface area contributed by atoms with Crippen molar-refractivity contribution in [1.82, 2.24) is 9.78 Å². The fourth-order valence-corrected chi connectivity index (χ4v) is 2.77. The van der Waals surface area contributed by atoms with Crippen LogP contribution in [0.3, 0.4) is 0 Å². The van der Waals surface area contributed by atoms with Crippen molar-refractivity contribution >= 4 is 17.1 Å². The van der Waals surface area contributed by atoms with Gasteiger partial charge in [-0.15, -0.1) is 0 Å². The van der Waals surface area contributed by atoms with Gasteiger partial charge in [-0.3, -0.25) is 10.2 Å². The van der Waals surface area contributed by atoms with Crippen molar-refractivity contribution in [3.63, 3.8) is 0 Å². The van der Waals surface area contributed by atoms with Crippen LogP contribution in [0.1, 0.15) is 15.4 Å². The van der Waals surface area contributed by atoms with E-state index in [0.717, 1.165) is 24.3 Å². The Kier molecular flexibility index (Phi) is 4.40. The highest BCUT2D eigenvalue weighted by atomic mass is 32.1. The Morgan fingerprint density at radius 2 is 1.38 bits per heavy atom. The third kappa shape index (κ3) is 2.79. The van der Waals surface area contributed by atoms with E-state index < -0.39 is 56.2 Å². The SMILES string of the molecule is N=c1sc(C(=O)c2ccc(F)cc2)nn1-c1c(F)c(F)c(F)c(F)c1F. The van der Waals surface area contributed by atoms with E-state index in [-0.39, 0.29) is 10.2 Å². The summed E-state index contributed by atoms with van der Waals surface area (Å²) in [4.78, 5) is 11.5. The van der Waals surface area contributed by atoms with Crippen LogP contribution in [0.4, 0.5) is 26.3 Å². The average molecular weight is 389 g/mol. The molecule has 0 saturated heterocycles. The molecule has 0 atom stereocenters. The Labute approximate surface area is 144 Å². The van der Waals surface area contributed by atoms with Gasteiger partial charge in [0.15, 0.2) is 28.3 Å². The number of halogens is 6. The minimum atomic E-state index is -2.35. The highest BCUT2D eigenvalue weighted by Gasteiger charge is 2.29. The van der Waals surface area contributed by atoms with E-state index in [1.165, 1.54) is 0 Å². The second-order valence-corrected chi connectivity index (χ2v) is 5.86. The monoisotopic (exact) mass is 389 g/mol. The molecule has 0 aliphatic carbocycles. The van der Waals surface area contributed by atoms with Gasteiger partial charge < -0.3 is 0 Å². The molecule has 1 aromatic heterocycles. The lowest BCUT2D eigenvalue weighted by molar-refractivity contribution is 0.103. The van der Waals surface area contributed by atoms with E-state index in [1.54, 1.807) is 0 Å². The van der Waals surface area contributed by atoms with Gasteiger partial charge in [-0.05, 0) is 24.3 Å². The van der Waals surface area contributed by atoms with Gasteiger partial charge in [0.1, 0.15) is 11.5 Å². The van der Waals surface area contributed by atoms with Crippen molar-refractivity contribution in [3.8, 4) is 5.69 Å². The fraction of sp³-hybridized carbons (Fsp3) is 0. The highest BCUT2D eigenvalue weighted by Crippen LogP contribution is 2.25. The first-order valence-electron chi connectivity index (χ1n) is 6.69. The van der Waals surface area contributed by atoms with Crippen LogP contribution in [-0.2, 0) is 0 Å². The summed E-state index contributed by atoms with van der Waals surface area (Å²) in [5.74, 6) is -12.6. The smallest absolute Gasteiger partial charge is 0.223 e. The van der Waals surface area contributed by atoms with Crippen LogP contribution in [0, 0.1) is 40.3 Å². The third-order valence-corrected chi connectivity index (χ3v) is 4.10. The van der Waals surface area contributed by atoms with E-state index >= 15 is 0 Å². The van der Waals surface area contributed by atoms with Gasteiger partial charge in [-0.1, -0.05) is 11.3 Å². The largest absolute Gasteiger partial charge is 0.286 e. The van der Waals surface area contributed by atoms with Crippen LogP contribution in [0.5, 0.6) is 0 Å². The molecule has 1 N–H and O–H groups in total. The molecule has 0 fully saturated rings. The summed E-state index contributed by atoms with van der Waals surface area (Å²) >= 11 is 0.353. The lowest BCUT2D eigenvalue weighted by atomic mass is 10.1. The molecule has 0 saturated carbocycles. The van der Waals surface area contributed by atoms with Crippen LogP contribution >= 0.6 is 11.3 Å². The Morgan fingerprint density at radius 1 is 0.885 bits per heavy atom. The quantitative estimate of drug-likeness (QED) is 0.323. The van der Waals surface area contributed by atoms with Gasteiger partial charge in [0, 0.05) is 5.56 Å². The van der Waals surface area contributed by atoms with Crippen molar-refractivity contribution in [1.29, 1.82) is 5.41 Å². The second-order valence-electron chi connectivity index (χ2n) is 4.88. The van der Waals surface area contributed by atoms with Crippen molar-refractivity contribution in [3.05, 3.63) is 74.5 Å². The molecule has 2 aromatic carbocycles. The van der Waals surface area contributed by atoms with E-state index in [4.69, 9.17) is 5.41 Å². The molecule has 3 aromatic rings. The predicted octanol–water partition coefficient (Wildman–Crippen LogP) is 3.48. The van der Waals surface area contributed by atoms with Crippen LogP contribution in [0.2, 0.25) is 0 Å². The summed E-state index contributed by atoms with van der Waals surface area (Å²) in [5.41, 5.74) is -1.51. The Bertz CT molecular complexity index is 1060. The fourth-order valence-electron chi connectivity index (χ4n) is 2.04. The zero-order valence-corrected chi connectivity index (χ0v) is 13.1. The molecule has 134 valence electrons. The maximum Gasteiger partial charge on any atom is 0.223 e. The number of nitrogens with zero attached hydrogens (tertiary/aromatic N) is 2. The molecule has 3 rings (SSSR count). The first kappa shape index (κ1) is 17.9. The Morgan fingerprint density at radius 3 is 1.92 bits per heavy atom. The van der Waals surface area contributed by atoms with Crippen molar-refractivity contribution in [2.75, 3.05) is 0 Å². The van der Waals surface area contributed by atoms with Gasteiger partial charge in [0.25, 0.3) is 0 Å². The molecular formula is C15H5F6N3OS. The van der Waals surface area contributed by atoms with Crippen molar-refractivity contribution in [2.24, 2.45) is 0 Å². The minimum absolute atomic E-state index is 0.0373. The first-order valence-corrected chi connectivity index (χ1v) is 7.50. The molecule has 1 heterocycles. The maximum absolute atomic E-state index is 13.9. The number of rotatable bonds is 3. The normalized spacial score (nSPS) is 11.0. The summed E-state index contributed by atoms with van der Waals surface area (Å²) < 4.78 is 80.5. The topological polar surface area (TPSA) is 58.7 Å². The summed E-state index contributed by atoms with van der Waals surface area (Å²) in [7, 11) is 0. The number of carbonyl (C=O) groups is 1. The lowest BCUT2D eigenvalue weighted by Crippen LogP contribution is -2.19. The molecule has 0 unspecified atom stereocenters. The molecule has 0 bridgehead atoms. The van der Waals surface area contributed by atoms with Crippen LogP contribution in [0.25, 0.3) is 5.69 Å². The molecule has 26 heavy (non-hydrogen) atoms. The van der Waals surface area contributed by atoms with Crippen LogP contribution < -0.4 is 4.80 Å². The second kappa shape index (κ2) is 6.41. The molecule has 0 spiro atoms. The van der Waals surface area contributed by atoms with Gasteiger partial charge >= 0.3 is 0 Å². The van der Waals surface area contributed by atoms with E-state index in [0.29, 0.717) is 11.3 Å². The maximum atomic E-state index is 13.9. The molecule has 0 amide bonds. The minimum Gasteiger partial charge on any atom is -0.286 e. The first-order chi connectivity index (χ1) is 12.2. The van der Waals surface area contributed by atoms with E-state index in [9.17, 15) is 31.1 Å². The number of aromatic nitrogens is 2. The van der Waals surface area contributed by atoms with E-state index in [2.05, 4.69) is 5.10 Å². The number of benzene rings is 2. The summed E-state index contributed by atoms with van der Waals surface area (Å²) in [6.07, 6.45) is 0. The van der Waals surface area contributed by atoms with Gasteiger partial charge in [0.05, 0.1) is 0 Å². The third-order valence-electron chi connectivity index (χ3n) is 3.28. The number of carbonyl (C=O) groups excluding carboxylic acids is 1.